The summed E-state index contributed by atoms with van der Waals surface area (Å²) in [7, 11) is 4.80. The normalized spacial score (nSPS) is 10.6. The minimum atomic E-state index is -0.169. The molecule has 0 bridgehead atoms. The fourth-order valence-corrected chi connectivity index (χ4v) is 2.72. The first kappa shape index (κ1) is 15.0. The zero-order valence-electron chi connectivity index (χ0n) is 13.3. The number of ether oxygens (including phenoxy) is 2. The van der Waals surface area contributed by atoms with Gasteiger partial charge in [-0.2, -0.15) is 0 Å². The molecule has 2 N–H and O–H groups in total. The monoisotopic (exact) mass is 310 g/mol. The van der Waals surface area contributed by atoms with Crippen molar-refractivity contribution in [3.05, 3.63) is 48.2 Å². The Morgan fingerprint density at radius 2 is 1.70 bits per heavy atom. The van der Waals surface area contributed by atoms with Crippen molar-refractivity contribution in [3.8, 4) is 22.6 Å². The summed E-state index contributed by atoms with van der Waals surface area (Å²) in [6.07, 6.45) is 0. The van der Waals surface area contributed by atoms with Crippen LogP contribution in [0.3, 0.4) is 0 Å². The highest BCUT2D eigenvalue weighted by atomic mass is 16.5. The van der Waals surface area contributed by atoms with Crippen LogP contribution in [0.4, 0.5) is 0 Å². The van der Waals surface area contributed by atoms with Gasteiger partial charge < -0.3 is 19.8 Å². The van der Waals surface area contributed by atoms with Crippen LogP contribution in [0.25, 0.3) is 22.0 Å². The molecule has 0 unspecified atom stereocenters. The van der Waals surface area contributed by atoms with Gasteiger partial charge in [0.05, 0.1) is 19.7 Å². The van der Waals surface area contributed by atoms with Crippen LogP contribution < -0.4 is 14.8 Å². The molecule has 3 rings (SSSR count). The number of hydrogen-bond acceptors (Lipinski definition) is 3. The molecule has 0 fully saturated rings. The van der Waals surface area contributed by atoms with Gasteiger partial charge in [-0.25, -0.2) is 0 Å². The first-order valence-corrected chi connectivity index (χ1v) is 7.24. The van der Waals surface area contributed by atoms with Crippen LogP contribution in [0.1, 0.15) is 10.5 Å². The van der Waals surface area contributed by atoms with E-state index >= 15 is 0 Å². The number of amides is 1. The molecular formula is C18H18N2O3. The number of carbonyl (C=O) groups excluding carboxylic acids is 1. The van der Waals surface area contributed by atoms with E-state index in [0.717, 1.165) is 22.0 Å². The predicted octanol–water partition coefficient (Wildman–Crippen LogP) is 3.21. The van der Waals surface area contributed by atoms with Crippen molar-refractivity contribution in [1.29, 1.82) is 0 Å². The molecule has 0 aliphatic carbocycles. The van der Waals surface area contributed by atoms with Gasteiger partial charge in [0, 0.05) is 24.1 Å². The number of benzene rings is 2. The summed E-state index contributed by atoms with van der Waals surface area (Å²) in [5.74, 6) is 1.07. The van der Waals surface area contributed by atoms with Gasteiger partial charge in [0.15, 0.2) is 11.5 Å². The van der Waals surface area contributed by atoms with Gasteiger partial charge in [0.25, 0.3) is 5.91 Å². The Morgan fingerprint density at radius 1 is 1.04 bits per heavy atom. The van der Waals surface area contributed by atoms with E-state index < -0.39 is 0 Å². The maximum atomic E-state index is 12.3. The molecule has 23 heavy (non-hydrogen) atoms. The molecule has 0 saturated heterocycles. The first-order valence-electron chi connectivity index (χ1n) is 7.24. The van der Waals surface area contributed by atoms with Crippen LogP contribution in [0.5, 0.6) is 11.5 Å². The Hall–Kier alpha value is -2.95. The average molecular weight is 310 g/mol. The van der Waals surface area contributed by atoms with Crippen LogP contribution in [0.15, 0.2) is 42.5 Å². The number of H-pyrrole nitrogens is 1. The Morgan fingerprint density at radius 3 is 2.30 bits per heavy atom. The fourth-order valence-electron chi connectivity index (χ4n) is 2.72. The lowest BCUT2D eigenvalue weighted by molar-refractivity contribution is 0.0959. The number of carbonyl (C=O) groups is 1. The van der Waals surface area contributed by atoms with E-state index in [1.807, 2.05) is 42.5 Å². The molecule has 0 aliphatic rings. The maximum Gasteiger partial charge on any atom is 0.268 e. The highest BCUT2D eigenvalue weighted by Crippen LogP contribution is 2.39. The molecule has 3 aromatic rings. The highest BCUT2D eigenvalue weighted by Gasteiger charge is 2.20. The molecule has 0 aliphatic heterocycles. The Balaban J connectivity index is 2.35. The molecule has 0 spiro atoms. The van der Waals surface area contributed by atoms with Crippen LogP contribution in [-0.2, 0) is 0 Å². The van der Waals surface area contributed by atoms with Crippen molar-refractivity contribution in [2.45, 2.75) is 0 Å². The summed E-state index contributed by atoms with van der Waals surface area (Å²) in [5, 5.41) is 3.59. The van der Waals surface area contributed by atoms with E-state index in [-0.39, 0.29) is 5.91 Å². The van der Waals surface area contributed by atoms with Gasteiger partial charge >= 0.3 is 0 Å². The number of aromatic amines is 1. The van der Waals surface area contributed by atoms with Crippen molar-refractivity contribution in [3.63, 3.8) is 0 Å². The van der Waals surface area contributed by atoms with Gasteiger partial charge in [0.2, 0.25) is 0 Å². The Labute approximate surface area is 134 Å². The van der Waals surface area contributed by atoms with Gasteiger partial charge in [-0.3, -0.25) is 4.79 Å². The van der Waals surface area contributed by atoms with Crippen LogP contribution >= 0.6 is 0 Å². The van der Waals surface area contributed by atoms with Crippen molar-refractivity contribution in [2.75, 3.05) is 21.3 Å². The predicted molar refractivity (Wildman–Crippen MR) is 90.2 cm³/mol. The van der Waals surface area contributed by atoms with Crippen LogP contribution in [0, 0.1) is 0 Å². The van der Waals surface area contributed by atoms with Crippen molar-refractivity contribution >= 4 is 16.8 Å². The lowest BCUT2D eigenvalue weighted by Crippen LogP contribution is -2.18. The summed E-state index contributed by atoms with van der Waals surface area (Å²) in [6, 6.07) is 13.5. The lowest BCUT2D eigenvalue weighted by Gasteiger charge is -2.08. The molecular weight excluding hydrogens is 292 g/mol. The molecule has 1 amide bonds. The van der Waals surface area contributed by atoms with Gasteiger partial charge in [-0.1, -0.05) is 30.3 Å². The van der Waals surface area contributed by atoms with Crippen molar-refractivity contribution < 1.29 is 14.3 Å². The fraction of sp³-hybridized carbons (Fsp3) is 0.167. The molecule has 5 nitrogen and oxygen atoms in total. The van der Waals surface area contributed by atoms with Crippen LogP contribution in [-0.4, -0.2) is 32.2 Å². The smallest absolute Gasteiger partial charge is 0.268 e. The molecule has 0 saturated carbocycles. The largest absolute Gasteiger partial charge is 0.493 e. The molecule has 0 radical (unpaired) electrons. The minimum absolute atomic E-state index is 0.169. The summed E-state index contributed by atoms with van der Waals surface area (Å²) < 4.78 is 10.7. The number of nitrogens with one attached hydrogen (secondary N) is 2. The molecule has 0 atom stereocenters. The third-order valence-corrected chi connectivity index (χ3v) is 3.82. The number of hydrogen-bond donors (Lipinski definition) is 2. The zero-order chi connectivity index (χ0) is 16.4. The number of aromatic nitrogens is 1. The third-order valence-electron chi connectivity index (χ3n) is 3.82. The van der Waals surface area contributed by atoms with Gasteiger partial charge in [-0.15, -0.1) is 0 Å². The topological polar surface area (TPSA) is 63.4 Å². The van der Waals surface area contributed by atoms with Crippen molar-refractivity contribution in [1.82, 2.24) is 10.3 Å². The number of fused-ring (bicyclic) bond motifs is 1. The Bertz CT molecular complexity index is 854. The van der Waals surface area contributed by atoms with E-state index in [9.17, 15) is 4.79 Å². The highest BCUT2D eigenvalue weighted by molar-refractivity contribution is 6.10. The molecule has 1 heterocycles. The van der Waals surface area contributed by atoms with Gasteiger partial charge in [0.1, 0.15) is 5.69 Å². The quantitative estimate of drug-likeness (QED) is 0.778. The summed E-state index contributed by atoms with van der Waals surface area (Å²) in [5.41, 5.74) is 3.15. The van der Waals surface area contributed by atoms with Gasteiger partial charge in [-0.05, 0) is 11.6 Å². The second-order valence-corrected chi connectivity index (χ2v) is 5.07. The average Bonchev–Trinajstić information content (AvgIpc) is 2.98. The second-order valence-electron chi connectivity index (χ2n) is 5.07. The molecule has 1 aromatic heterocycles. The minimum Gasteiger partial charge on any atom is -0.493 e. The van der Waals surface area contributed by atoms with E-state index in [2.05, 4.69) is 10.3 Å². The van der Waals surface area contributed by atoms with E-state index in [1.165, 1.54) is 0 Å². The zero-order valence-corrected chi connectivity index (χ0v) is 13.3. The number of rotatable bonds is 4. The van der Waals surface area contributed by atoms with Crippen molar-refractivity contribution in [2.24, 2.45) is 0 Å². The maximum absolute atomic E-state index is 12.3. The number of methoxy groups -OCH3 is 2. The van der Waals surface area contributed by atoms with E-state index in [1.54, 1.807) is 21.3 Å². The third kappa shape index (κ3) is 2.50. The lowest BCUT2D eigenvalue weighted by atomic mass is 10.0. The summed E-state index contributed by atoms with van der Waals surface area (Å²) >= 11 is 0. The molecule has 5 heteroatoms. The second kappa shape index (κ2) is 6.04. The SMILES string of the molecule is CNC(=O)c1[nH]c2cc(OC)c(OC)cc2c1-c1ccccc1. The Kier molecular flexibility index (Phi) is 3.93. The van der Waals surface area contributed by atoms with Crippen LogP contribution in [0.2, 0.25) is 0 Å². The van der Waals surface area contributed by atoms with E-state index in [0.29, 0.717) is 17.2 Å². The summed E-state index contributed by atoms with van der Waals surface area (Å²) in [4.78, 5) is 15.5. The first-order chi connectivity index (χ1) is 11.2. The summed E-state index contributed by atoms with van der Waals surface area (Å²) in [6.45, 7) is 0. The molecule has 118 valence electrons. The molecule has 2 aromatic carbocycles. The van der Waals surface area contributed by atoms with E-state index in [4.69, 9.17) is 9.47 Å². The standard InChI is InChI=1S/C18H18N2O3/c1-19-18(21)17-16(11-7-5-4-6-8-11)12-9-14(22-2)15(23-3)10-13(12)20-17/h4-10,20H,1-3H3,(H,19,21).